The second-order valence-electron chi connectivity index (χ2n) is 14.8. The first-order chi connectivity index (χ1) is 26.5. The lowest BCUT2D eigenvalue weighted by Gasteiger charge is -2.23. The van der Waals surface area contributed by atoms with Crippen LogP contribution in [0.5, 0.6) is 0 Å². The molecule has 0 unspecified atom stereocenters. The summed E-state index contributed by atoms with van der Waals surface area (Å²) in [7, 11) is 0. The van der Waals surface area contributed by atoms with Gasteiger partial charge in [-0.05, 0) is 79.9 Å². The molecule has 54 heavy (non-hydrogen) atoms. The molecule has 0 bridgehead atoms. The summed E-state index contributed by atoms with van der Waals surface area (Å²) in [5.74, 6) is 1.90. The Balaban J connectivity index is 1.28. The monoisotopic (exact) mass is 691 g/mol. The van der Waals surface area contributed by atoms with Crippen LogP contribution in [-0.2, 0) is 5.41 Å². The topological polar surface area (TPSA) is 51.8 Å². The number of hydrogen-bond donors (Lipinski definition) is 0. The molecule has 0 fully saturated rings. The van der Waals surface area contributed by atoms with Crippen LogP contribution in [-0.4, -0.2) is 15.0 Å². The van der Waals surface area contributed by atoms with E-state index >= 15 is 0 Å². The predicted octanol–water partition coefficient (Wildman–Crippen LogP) is 13.1. The quantitative estimate of drug-likeness (QED) is 0.184. The van der Waals surface area contributed by atoms with E-state index in [0.717, 1.165) is 71.3 Å². The molecule has 1 aliphatic carbocycles. The van der Waals surface area contributed by atoms with Crippen LogP contribution in [0.15, 0.2) is 168 Å². The highest BCUT2D eigenvalue weighted by Crippen LogP contribution is 2.55. The van der Waals surface area contributed by atoms with Crippen molar-refractivity contribution >= 4 is 43.5 Å². The lowest BCUT2D eigenvalue weighted by Crippen LogP contribution is -2.15. The van der Waals surface area contributed by atoms with Crippen molar-refractivity contribution < 1.29 is 4.42 Å². The zero-order chi connectivity index (χ0) is 36.0. The van der Waals surface area contributed by atoms with Crippen molar-refractivity contribution in [3.05, 3.63) is 175 Å². The van der Waals surface area contributed by atoms with Crippen molar-refractivity contribution in [1.29, 1.82) is 0 Å². The van der Waals surface area contributed by atoms with E-state index in [0.29, 0.717) is 17.5 Å². The Hall–Kier alpha value is -6.91. The fourth-order valence-corrected chi connectivity index (χ4v) is 8.65. The molecule has 0 aliphatic heterocycles. The normalized spacial score (nSPS) is 13.1. The molecule has 0 amide bonds. The predicted molar refractivity (Wildman–Crippen MR) is 221 cm³/mol. The average Bonchev–Trinajstić information content (AvgIpc) is 3.72. The van der Waals surface area contributed by atoms with Gasteiger partial charge in [0.25, 0.3) is 0 Å². The summed E-state index contributed by atoms with van der Waals surface area (Å²) in [5.41, 5.74) is 11.7. The van der Waals surface area contributed by atoms with Crippen LogP contribution in [0.1, 0.15) is 25.0 Å². The summed E-state index contributed by atoms with van der Waals surface area (Å²) < 4.78 is 6.85. The lowest BCUT2D eigenvalue weighted by atomic mass is 9.79. The minimum atomic E-state index is -0.242. The molecule has 4 nitrogen and oxygen atoms in total. The first kappa shape index (κ1) is 30.7. The first-order valence-electron chi connectivity index (χ1n) is 18.4. The molecule has 0 spiro atoms. The van der Waals surface area contributed by atoms with Gasteiger partial charge < -0.3 is 4.42 Å². The minimum absolute atomic E-state index is 0.242. The van der Waals surface area contributed by atoms with Crippen LogP contribution < -0.4 is 0 Å². The molecule has 0 saturated carbocycles. The van der Waals surface area contributed by atoms with Gasteiger partial charge in [-0.25, -0.2) is 15.0 Å². The van der Waals surface area contributed by atoms with Gasteiger partial charge in [-0.2, -0.15) is 0 Å². The van der Waals surface area contributed by atoms with Crippen molar-refractivity contribution in [3.8, 4) is 56.4 Å². The Kier molecular flexibility index (Phi) is 6.56. The van der Waals surface area contributed by atoms with Crippen LogP contribution in [0.3, 0.4) is 0 Å². The number of rotatable bonds is 4. The molecule has 4 heteroatoms. The van der Waals surface area contributed by atoms with E-state index in [4.69, 9.17) is 19.4 Å². The van der Waals surface area contributed by atoms with Gasteiger partial charge in [-0.1, -0.05) is 147 Å². The highest BCUT2D eigenvalue weighted by Gasteiger charge is 2.38. The number of para-hydroxylation sites is 1. The van der Waals surface area contributed by atoms with E-state index < -0.39 is 0 Å². The number of fused-ring (bicyclic) bond motifs is 10. The van der Waals surface area contributed by atoms with Gasteiger partial charge in [-0.3, -0.25) is 0 Å². The van der Waals surface area contributed by atoms with Crippen molar-refractivity contribution in [2.24, 2.45) is 0 Å². The van der Waals surface area contributed by atoms with Gasteiger partial charge in [0.2, 0.25) is 0 Å². The summed E-state index contributed by atoms with van der Waals surface area (Å²) in [4.78, 5) is 15.5. The third kappa shape index (κ3) is 4.53. The number of benzene rings is 8. The second kappa shape index (κ2) is 11.5. The van der Waals surface area contributed by atoms with Gasteiger partial charge >= 0.3 is 0 Å². The van der Waals surface area contributed by atoms with E-state index in [-0.39, 0.29) is 5.41 Å². The van der Waals surface area contributed by atoms with Gasteiger partial charge in [0.05, 0.1) is 0 Å². The van der Waals surface area contributed by atoms with Crippen molar-refractivity contribution in [2.75, 3.05) is 0 Å². The molecule has 8 aromatic carbocycles. The fraction of sp³-hybridized carbons (Fsp3) is 0.0600. The van der Waals surface area contributed by atoms with Crippen LogP contribution in [0.4, 0.5) is 0 Å². The molecule has 0 N–H and O–H groups in total. The molecule has 1 aliphatic rings. The molecule has 10 aromatic rings. The Labute approximate surface area is 312 Å². The van der Waals surface area contributed by atoms with Crippen molar-refractivity contribution in [1.82, 2.24) is 15.0 Å². The molecule has 2 aromatic heterocycles. The maximum atomic E-state index is 6.85. The molecule has 254 valence electrons. The molecule has 0 radical (unpaired) electrons. The van der Waals surface area contributed by atoms with Crippen LogP contribution in [0.2, 0.25) is 0 Å². The number of aromatic nitrogens is 3. The second-order valence-corrected chi connectivity index (χ2v) is 14.8. The number of nitrogens with zero attached hydrogens (tertiary/aromatic N) is 3. The van der Waals surface area contributed by atoms with Gasteiger partial charge in [0.15, 0.2) is 17.5 Å². The Morgan fingerprint density at radius 1 is 0.426 bits per heavy atom. The van der Waals surface area contributed by atoms with E-state index in [1.807, 2.05) is 42.5 Å². The van der Waals surface area contributed by atoms with E-state index in [1.165, 1.54) is 22.3 Å². The van der Waals surface area contributed by atoms with E-state index in [9.17, 15) is 0 Å². The zero-order valence-electron chi connectivity index (χ0n) is 29.8. The van der Waals surface area contributed by atoms with E-state index in [1.54, 1.807) is 0 Å². The Morgan fingerprint density at radius 2 is 1.00 bits per heavy atom. The SMILES string of the molecule is CC1(C)c2ccccc2-c2c1cc(-c1cc3ccccc3cc1-c1nc(-c3ccccc3)nc(-c3ccccc3)n1)c1ccc3c4ccccc4oc3c21. The molecular weight excluding hydrogens is 659 g/mol. The Morgan fingerprint density at radius 3 is 1.72 bits per heavy atom. The van der Waals surface area contributed by atoms with Crippen LogP contribution in [0.25, 0.3) is 99.9 Å². The van der Waals surface area contributed by atoms with Gasteiger partial charge in [-0.15, -0.1) is 0 Å². The molecule has 0 saturated heterocycles. The highest BCUT2D eigenvalue weighted by atomic mass is 16.3. The average molecular weight is 692 g/mol. The summed E-state index contributed by atoms with van der Waals surface area (Å²) in [6, 6.07) is 57.7. The van der Waals surface area contributed by atoms with E-state index in [2.05, 4.69) is 135 Å². The third-order valence-electron chi connectivity index (χ3n) is 11.3. The van der Waals surface area contributed by atoms with Gasteiger partial charge in [0, 0.05) is 38.3 Å². The fourth-order valence-electron chi connectivity index (χ4n) is 8.65. The molecule has 0 atom stereocenters. The zero-order valence-corrected chi connectivity index (χ0v) is 29.8. The summed E-state index contributed by atoms with van der Waals surface area (Å²) in [6.45, 7) is 4.69. The van der Waals surface area contributed by atoms with Crippen LogP contribution >= 0.6 is 0 Å². The lowest BCUT2D eigenvalue weighted by molar-refractivity contribution is 0.660. The maximum Gasteiger partial charge on any atom is 0.164 e. The summed E-state index contributed by atoms with van der Waals surface area (Å²) in [5, 5.41) is 6.78. The van der Waals surface area contributed by atoms with Crippen LogP contribution in [0, 0.1) is 0 Å². The minimum Gasteiger partial charge on any atom is -0.455 e. The molecule has 2 heterocycles. The van der Waals surface area contributed by atoms with Crippen molar-refractivity contribution in [2.45, 2.75) is 19.3 Å². The first-order valence-corrected chi connectivity index (χ1v) is 18.4. The smallest absolute Gasteiger partial charge is 0.164 e. The largest absolute Gasteiger partial charge is 0.455 e. The number of furan rings is 1. The van der Waals surface area contributed by atoms with Gasteiger partial charge in [0.1, 0.15) is 11.2 Å². The number of hydrogen-bond acceptors (Lipinski definition) is 4. The third-order valence-corrected chi connectivity index (χ3v) is 11.3. The van der Waals surface area contributed by atoms with Crippen molar-refractivity contribution in [3.63, 3.8) is 0 Å². The summed E-state index contributed by atoms with van der Waals surface area (Å²) >= 11 is 0. The maximum absolute atomic E-state index is 6.85. The summed E-state index contributed by atoms with van der Waals surface area (Å²) in [6.07, 6.45) is 0. The molecular formula is C50H33N3O. The molecule has 11 rings (SSSR count). The highest BCUT2D eigenvalue weighted by molar-refractivity contribution is 6.23. The standard InChI is InChI=1S/C50H33N3O/c1-50(2)41-23-13-11-22-37(41)44-42(50)29-39(35-25-26-36-34-21-12-14-24-43(34)54-46(36)45(35)44)38-27-32-19-9-10-20-33(32)28-40(38)49-52-47(30-15-5-3-6-16-30)51-48(53-49)31-17-7-4-8-18-31/h3-29H,1-2H3. The Bertz CT molecular complexity index is 3070.